The van der Waals surface area contributed by atoms with Crippen LogP contribution in [-0.2, 0) is 9.59 Å². The molecular formula is C21H23N3O5. The highest BCUT2D eigenvalue weighted by molar-refractivity contribution is 6.09. The predicted octanol–water partition coefficient (Wildman–Crippen LogP) is 1.72. The zero-order valence-corrected chi connectivity index (χ0v) is 16.1. The van der Waals surface area contributed by atoms with Gasteiger partial charge in [0.15, 0.2) is 11.5 Å². The Morgan fingerprint density at radius 1 is 1.07 bits per heavy atom. The first-order valence-corrected chi connectivity index (χ1v) is 9.31. The van der Waals surface area contributed by atoms with Gasteiger partial charge < -0.3 is 25.4 Å². The van der Waals surface area contributed by atoms with Crippen molar-refractivity contribution in [2.45, 2.75) is 18.9 Å². The van der Waals surface area contributed by atoms with E-state index in [4.69, 9.17) is 9.47 Å². The maximum Gasteiger partial charge on any atom is 0.254 e. The average Bonchev–Trinajstić information content (AvgIpc) is 2.86. The van der Waals surface area contributed by atoms with Crippen LogP contribution in [0.1, 0.15) is 23.2 Å². The van der Waals surface area contributed by atoms with Gasteiger partial charge in [-0.15, -0.1) is 0 Å². The van der Waals surface area contributed by atoms with Crippen molar-refractivity contribution in [1.29, 1.82) is 0 Å². The maximum absolute atomic E-state index is 12.3. The van der Waals surface area contributed by atoms with Gasteiger partial charge >= 0.3 is 0 Å². The summed E-state index contributed by atoms with van der Waals surface area (Å²) in [6.45, 7) is 0.591. The van der Waals surface area contributed by atoms with E-state index in [0.717, 1.165) is 0 Å². The third-order valence-corrected chi connectivity index (χ3v) is 4.46. The molecule has 0 radical (unpaired) electrons. The van der Waals surface area contributed by atoms with Gasteiger partial charge in [-0.1, -0.05) is 24.3 Å². The summed E-state index contributed by atoms with van der Waals surface area (Å²) >= 11 is 0. The molecule has 1 aliphatic rings. The van der Waals surface area contributed by atoms with Gasteiger partial charge in [0.05, 0.1) is 24.9 Å². The molecule has 3 amide bonds. The minimum Gasteiger partial charge on any atom is -0.493 e. The number of fused-ring (bicyclic) bond motifs is 1. The molecule has 3 rings (SSSR count). The first-order valence-electron chi connectivity index (χ1n) is 9.31. The number of amides is 3. The topological polar surface area (TPSA) is 106 Å². The van der Waals surface area contributed by atoms with Gasteiger partial charge in [0.2, 0.25) is 11.8 Å². The minimum absolute atomic E-state index is 0.101. The molecule has 2 aromatic carbocycles. The summed E-state index contributed by atoms with van der Waals surface area (Å²) in [5.74, 6) is 0.319. The second-order valence-electron chi connectivity index (χ2n) is 6.45. The van der Waals surface area contributed by atoms with E-state index in [0.29, 0.717) is 29.3 Å². The van der Waals surface area contributed by atoms with Crippen molar-refractivity contribution in [2.75, 3.05) is 25.6 Å². The number of carbonyl (C=O) groups excluding carboxylic acids is 3. The number of nitrogens with one attached hydrogen (secondary N) is 3. The Kier molecular flexibility index (Phi) is 6.67. The lowest BCUT2D eigenvalue weighted by Gasteiger charge is -2.14. The first-order chi connectivity index (χ1) is 14.1. The molecule has 1 aliphatic heterocycles. The standard InChI is InChI=1S/C21H23N3O5/c1-28-17-8-4-5-9-18(17)29-13-12-22-19(25)11-10-16-21(27)23-15-7-3-2-6-14(15)20(26)24-16/h2-9,16H,10-13H2,1H3,(H,22,25)(H,23,27)(H,24,26)/t16-/m1/s1. The molecule has 1 heterocycles. The van der Waals surface area contributed by atoms with Crippen LogP contribution in [0.2, 0.25) is 0 Å². The van der Waals surface area contributed by atoms with Crippen molar-refractivity contribution in [3.63, 3.8) is 0 Å². The van der Waals surface area contributed by atoms with Crippen LogP contribution in [-0.4, -0.2) is 44.0 Å². The molecule has 152 valence electrons. The number of ether oxygens (including phenoxy) is 2. The Hall–Kier alpha value is -3.55. The zero-order chi connectivity index (χ0) is 20.6. The summed E-state index contributed by atoms with van der Waals surface area (Å²) in [7, 11) is 1.56. The van der Waals surface area contributed by atoms with Gasteiger partial charge in [0.1, 0.15) is 12.6 Å². The smallest absolute Gasteiger partial charge is 0.254 e. The van der Waals surface area contributed by atoms with Crippen LogP contribution >= 0.6 is 0 Å². The number of rotatable bonds is 8. The summed E-state index contributed by atoms with van der Waals surface area (Å²) in [6, 6.07) is 13.3. The molecule has 0 fully saturated rings. The predicted molar refractivity (Wildman–Crippen MR) is 107 cm³/mol. The summed E-state index contributed by atoms with van der Waals surface area (Å²) in [4.78, 5) is 36.7. The molecular weight excluding hydrogens is 374 g/mol. The van der Waals surface area contributed by atoms with Crippen LogP contribution in [0.3, 0.4) is 0 Å². The molecule has 0 bridgehead atoms. The van der Waals surface area contributed by atoms with E-state index in [9.17, 15) is 14.4 Å². The second-order valence-corrected chi connectivity index (χ2v) is 6.45. The highest BCUT2D eigenvalue weighted by Crippen LogP contribution is 2.25. The van der Waals surface area contributed by atoms with Gasteiger partial charge in [0, 0.05) is 6.42 Å². The Bertz CT molecular complexity index is 899. The number of carbonyl (C=O) groups is 3. The van der Waals surface area contributed by atoms with E-state index in [1.54, 1.807) is 43.5 Å². The highest BCUT2D eigenvalue weighted by Gasteiger charge is 2.27. The molecule has 1 atom stereocenters. The van der Waals surface area contributed by atoms with Crippen molar-refractivity contribution in [2.24, 2.45) is 0 Å². The fourth-order valence-electron chi connectivity index (χ4n) is 2.97. The van der Waals surface area contributed by atoms with E-state index >= 15 is 0 Å². The normalized spacial score (nSPS) is 15.4. The van der Waals surface area contributed by atoms with Gasteiger partial charge in [-0.2, -0.15) is 0 Å². The van der Waals surface area contributed by atoms with Crippen LogP contribution in [0.15, 0.2) is 48.5 Å². The molecule has 8 nitrogen and oxygen atoms in total. The fourth-order valence-corrected chi connectivity index (χ4v) is 2.97. The van der Waals surface area contributed by atoms with Crippen LogP contribution in [0.5, 0.6) is 11.5 Å². The van der Waals surface area contributed by atoms with Gasteiger partial charge in [-0.05, 0) is 30.7 Å². The van der Waals surface area contributed by atoms with E-state index in [1.165, 1.54) is 0 Å². The van der Waals surface area contributed by atoms with Crippen molar-refractivity contribution in [1.82, 2.24) is 10.6 Å². The third-order valence-electron chi connectivity index (χ3n) is 4.46. The van der Waals surface area contributed by atoms with Gasteiger partial charge in [-0.25, -0.2) is 0 Å². The Balaban J connectivity index is 1.42. The van der Waals surface area contributed by atoms with Crippen molar-refractivity contribution in [3.05, 3.63) is 54.1 Å². The number of hydrogen-bond acceptors (Lipinski definition) is 5. The number of para-hydroxylation sites is 3. The monoisotopic (exact) mass is 397 g/mol. The Morgan fingerprint density at radius 2 is 1.79 bits per heavy atom. The summed E-state index contributed by atoms with van der Waals surface area (Å²) in [5.41, 5.74) is 0.872. The van der Waals surface area contributed by atoms with Crippen LogP contribution in [0.25, 0.3) is 0 Å². The van der Waals surface area contributed by atoms with Crippen molar-refractivity contribution < 1.29 is 23.9 Å². The maximum atomic E-state index is 12.3. The Morgan fingerprint density at radius 3 is 2.59 bits per heavy atom. The van der Waals surface area contributed by atoms with Crippen molar-refractivity contribution in [3.8, 4) is 11.5 Å². The first kappa shape index (κ1) is 20.2. The third kappa shape index (κ3) is 5.25. The minimum atomic E-state index is -0.773. The summed E-state index contributed by atoms with van der Waals surface area (Å²) in [5, 5.41) is 8.13. The number of benzene rings is 2. The molecule has 0 aromatic heterocycles. The molecule has 3 N–H and O–H groups in total. The largest absolute Gasteiger partial charge is 0.493 e. The van der Waals surface area contributed by atoms with Crippen LogP contribution < -0.4 is 25.4 Å². The second kappa shape index (κ2) is 9.59. The van der Waals surface area contributed by atoms with Gasteiger partial charge in [0.25, 0.3) is 5.91 Å². The molecule has 0 unspecified atom stereocenters. The lowest BCUT2D eigenvalue weighted by atomic mass is 10.1. The molecule has 2 aromatic rings. The van der Waals surface area contributed by atoms with Crippen LogP contribution in [0, 0.1) is 0 Å². The molecule has 8 heteroatoms. The van der Waals surface area contributed by atoms with Crippen LogP contribution in [0.4, 0.5) is 5.69 Å². The molecule has 0 aliphatic carbocycles. The lowest BCUT2D eigenvalue weighted by molar-refractivity contribution is -0.122. The molecule has 29 heavy (non-hydrogen) atoms. The summed E-state index contributed by atoms with van der Waals surface area (Å²) < 4.78 is 10.8. The molecule has 0 saturated heterocycles. The average molecular weight is 397 g/mol. The highest BCUT2D eigenvalue weighted by atomic mass is 16.5. The number of hydrogen-bond donors (Lipinski definition) is 3. The summed E-state index contributed by atoms with van der Waals surface area (Å²) in [6.07, 6.45) is 0.300. The zero-order valence-electron chi connectivity index (χ0n) is 16.1. The quantitative estimate of drug-likeness (QED) is 0.588. The SMILES string of the molecule is COc1ccccc1OCCNC(=O)CC[C@H]1NC(=O)c2ccccc2NC1=O. The van der Waals surface area contributed by atoms with E-state index in [1.807, 2.05) is 12.1 Å². The molecule has 0 spiro atoms. The lowest BCUT2D eigenvalue weighted by Crippen LogP contribution is -2.42. The fraction of sp³-hybridized carbons (Fsp3) is 0.286. The van der Waals surface area contributed by atoms with Gasteiger partial charge in [-0.3, -0.25) is 14.4 Å². The van der Waals surface area contributed by atoms with Crippen molar-refractivity contribution >= 4 is 23.4 Å². The number of anilines is 1. The van der Waals surface area contributed by atoms with E-state index in [-0.39, 0.29) is 37.2 Å². The molecule has 0 saturated carbocycles. The van der Waals surface area contributed by atoms with E-state index in [2.05, 4.69) is 16.0 Å². The number of methoxy groups -OCH3 is 1. The van der Waals surface area contributed by atoms with E-state index < -0.39 is 6.04 Å². The Labute approximate surface area is 168 Å².